The molecule has 1 aromatic carbocycles. The molecule has 4 rings (SSSR count). The van der Waals surface area contributed by atoms with Crippen LogP contribution in [-0.4, -0.2) is 48.6 Å². The number of benzene rings is 1. The number of hydrogen-bond acceptors (Lipinski definition) is 4. The molecule has 0 atom stereocenters. The second-order valence-corrected chi connectivity index (χ2v) is 8.54. The molecule has 27 heavy (non-hydrogen) atoms. The van der Waals surface area contributed by atoms with Crippen LogP contribution >= 0.6 is 27.3 Å². The highest BCUT2D eigenvalue weighted by atomic mass is 79.9. The minimum Gasteiger partial charge on any atom is -0.341 e. The molecule has 5 nitrogen and oxygen atoms in total. The number of aliphatic imine (C=N–C) groups is 1. The number of hydrogen-bond donors (Lipinski definition) is 0. The first kappa shape index (κ1) is 18.4. The first-order chi connectivity index (χ1) is 13.1. The number of carbonyl (C=O) groups excluding carboxylic acids is 2. The molecule has 0 aliphatic carbocycles. The quantitative estimate of drug-likeness (QED) is 0.722. The molecule has 140 valence electrons. The number of halogens is 1. The Bertz CT molecular complexity index is 885. The fourth-order valence-corrected chi connectivity index (χ4v) is 4.70. The molecule has 3 heterocycles. The summed E-state index contributed by atoms with van der Waals surface area (Å²) in [5.74, 6) is -0.106. The second kappa shape index (κ2) is 7.94. The predicted octanol–water partition coefficient (Wildman–Crippen LogP) is 3.71. The van der Waals surface area contributed by atoms with Crippen molar-refractivity contribution in [2.75, 3.05) is 31.1 Å². The smallest absolute Gasteiger partial charge is 0.249 e. The zero-order valence-electron chi connectivity index (χ0n) is 14.9. The van der Waals surface area contributed by atoms with E-state index >= 15 is 0 Å². The van der Waals surface area contributed by atoms with Gasteiger partial charge in [0.2, 0.25) is 11.8 Å². The molecule has 0 bridgehead atoms. The van der Waals surface area contributed by atoms with Gasteiger partial charge < -0.3 is 4.90 Å². The Kier molecular flexibility index (Phi) is 5.41. The molecule has 2 amide bonds. The summed E-state index contributed by atoms with van der Waals surface area (Å²) in [5, 5.41) is 2.76. The van der Waals surface area contributed by atoms with E-state index in [4.69, 9.17) is 0 Å². The maximum Gasteiger partial charge on any atom is 0.249 e. The molecule has 0 saturated carbocycles. The number of rotatable bonds is 3. The Morgan fingerprint density at radius 2 is 1.85 bits per heavy atom. The lowest BCUT2D eigenvalue weighted by atomic mass is 10.0. The molecule has 1 saturated heterocycles. The summed E-state index contributed by atoms with van der Waals surface area (Å²) in [5.41, 5.74) is 2.69. The van der Waals surface area contributed by atoms with Crippen LogP contribution in [0.25, 0.3) is 0 Å². The van der Waals surface area contributed by atoms with Crippen LogP contribution in [0.4, 0.5) is 5.00 Å². The van der Waals surface area contributed by atoms with Crippen LogP contribution in [0.5, 0.6) is 0 Å². The average Bonchev–Trinajstić information content (AvgIpc) is 3.12. The largest absolute Gasteiger partial charge is 0.341 e. The van der Waals surface area contributed by atoms with E-state index in [1.807, 2.05) is 40.6 Å². The summed E-state index contributed by atoms with van der Waals surface area (Å²) >= 11 is 4.94. The number of nitrogens with zero attached hydrogens (tertiary/aromatic N) is 3. The summed E-state index contributed by atoms with van der Waals surface area (Å²) in [7, 11) is 0. The molecule has 2 aliphatic rings. The minimum atomic E-state index is -0.129. The Morgan fingerprint density at radius 3 is 2.59 bits per heavy atom. The van der Waals surface area contributed by atoms with Gasteiger partial charge in [0.1, 0.15) is 18.1 Å². The van der Waals surface area contributed by atoms with Crippen molar-refractivity contribution in [2.45, 2.75) is 19.3 Å². The third-order valence-electron chi connectivity index (χ3n) is 4.94. The number of amides is 2. The maximum atomic E-state index is 12.8. The molecule has 0 radical (unpaired) electrons. The summed E-state index contributed by atoms with van der Waals surface area (Å²) in [6, 6.07) is 9.90. The van der Waals surface area contributed by atoms with Crippen LogP contribution in [0.3, 0.4) is 0 Å². The van der Waals surface area contributed by atoms with Gasteiger partial charge in [0.25, 0.3) is 0 Å². The third-order valence-corrected chi connectivity index (χ3v) is 6.40. The van der Waals surface area contributed by atoms with Crippen molar-refractivity contribution >= 4 is 49.8 Å². The normalized spacial score (nSPS) is 17.4. The highest BCUT2D eigenvalue weighted by Gasteiger charge is 2.29. The molecule has 0 spiro atoms. The first-order valence-corrected chi connectivity index (χ1v) is 10.8. The van der Waals surface area contributed by atoms with E-state index in [-0.39, 0.29) is 24.9 Å². The molecular weight excluding hydrogens is 426 g/mol. The van der Waals surface area contributed by atoms with E-state index < -0.39 is 0 Å². The second-order valence-electron chi connectivity index (χ2n) is 6.73. The Labute approximate surface area is 170 Å². The number of likely N-dealkylation sites (tertiary alicyclic amines) is 1. The minimum absolute atomic E-state index is 0.0227. The van der Waals surface area contributed by atoms with Crippen LogP contribution in [0.1, 0.15) is 30.4 Å². The Hall–Kier alpha value is -1.99. The SMILES string of the molecule is O=C(CN1C(=O)CN=C(c2ccc(Br)cc2)c2ccsc21)N1CCCCC1. The fourth-order valence-electron chi connectivity index (χ4n) is 3.51. The lowest BCUT2D eigenvalue weighted by Gasteiger charge is -2.29. The van der Waals surface area contributed by atoms with Gasteiger partial charge in [-0.15, -0.1) is 11.3 Å². The van der Waals surface area contributed by atoms with Crippen molar-refractivity contribution in [1.82, 2.24) is 4.90 Å². The van der Waals surface area contributed by atoms with Crippen LogP contribution in [-0.2, 0) is 9.59 Å². The molecule has 1 fully saturated rings. The van der Waals surface area contributed by atoms with E-state index in [0.29, 0.717) is 0 Å². The molecule has 7 heteroatoms. The zero-order valence-corrected chi connectivity index (χ0v) is 17.3. The van der Waals surface area contributed by atoms with Gasteiger partial charge in [-0.2, -0.15) is 0 Å². The summed E-state index contributed by atoms with van der Waals surface area (Å²) in [4.78, 5) is 33.6. The van der Waals surface area contributed by atoms with Crippen LogP contribution in [0.15, 0.2) is 45.2 Å². The molecular formula is C20H20BrN3O2S. The summed E-state index contributed by atoms with van der Waals surface area (Å²) < 4.78 is 0.996. The van der Waals surface area contributed by atoms with Crippen LogP contribution < -0.4 is 4.90 Å². The lowest BCUT2D eigenvalue weighted by molar-refractivity contribution is -0.132. The Morgan fingerprint density at radius 1 is 1.11 bits per heavy atom. The molecule has 2 aromatic rings. The number of piperidine rings is 1. The van der Waals surface area contributed by atoms with Crippen LogP contribution in [0.2, 0.25) is 0 Å². The molecule has 1 aromatic heterocycles. The first-order valence-electron chi connectivity index (χ1n) is 9.10. The van der Waals surface area contributed by atoms with Gasteiger partial charge in [-0.3, -0.25) is 19.5 Å². The third kappa shape index (κ3) is 3.84. The van der Waals surface area contributed by atoms with Crippen molar-refractivity contribution in [2.24, 2.45) is 4.99 Å². The highest BCUT2D eigenvalue weighted by molar-refractivity contribution is 9.10. The summed E-state index contributed by atoms with van der Waals surface area (Å²) in [6.45, 7) is 1.73. The molecule has 2 aliphatic heterocycles. The van der Waals surface area contributed by atoms with E-state index in [2.05, 4.69) is 20.9 Å². The Balaban J connectivity index is 1.62. The highest BCUT2D eigenvalue weighted by Crippen LogP contribution is 2.32. The van der Waals surface area contributed by atoms with E-state index in [1.54, 1.807) is 4.90 Å². The fraction of sp³-hybridized carbons (Fsp3) is 0.350. The maximum absolute atomic E-state index is 12.8. The van der Waals surface area contributed by atoms with Crippen molar-refractivity contribution < 1.29 is 9.59 Å². The average molecular weight is 446 g/mol. The monoisotopic (exact) mass is 445 g/mol. The van der Waals surface area contributed by atoms with Crippen molar-refractivity contribution in [1.29, 1.82) is 0 Å². The number of carbonyl (C=O) groups is 2. The predicted molar refractivity (Wildman–Crippen MR) is 112 cm³/mol. The molecule has 0 unspecified atom stereocenters. The van der Waals surface area contributed by atoms with Gasteiger partial charge in [-0.25, -0.2) is 0 Å². The van der Waals surface area contributed by atoms with E-state index in [0.717, 1.165) is 52.2 Å². The van der Waals surface area contributed by atoms with Gasteiger partial charge in [0, 0.05) is 28.7 Å². The molecule has 0 N–H and O–H groups in total. The van der Waals surface area contributed by atoms with Gasteiger partial charge in [-0.05, 0) is 42.8 Å². The van der Waals surface area contributed by atoms with Crippen molar-refractivity contribution in [3.8, 4) is 0 Å². The topological polar surface area (TPSA) is 53.0 Å². The van der Waals surface area contributed by atoms with E-state index in [9.17, 15) is 9.59 Å². The van der Waals surface area contributed by atoms with Crippen molar-refractivity contribution in [3.63, 3.8) is 0 Å². The number of anilines is 1. The van der Waals surface area contributed by atoms with Crippen molar-refractivity contribution in [3.05, 3.63) is 51.3 Å². The summed E-state index contributed by atoms with van der Waals surface area (Å²) in [6.07, 6.45) is 3.26. The van der Waals surface area contributed by atoms with Gasteiger partial charge in [-0.1, -0.05) is 28.1 Å². The van der Waals surface area contributed by atoms with Gasteiger partial charge >= 0.3 is 0 Å². The lowest BCUT2D eigenvalue weighted by Crippen LogP contribution is -2.45. The standard InChI is InChI=1S/C20H20BrN3O2S/c21-15-6-4-14(5-7-15)19-16-8-11-27-20(16)24(17(25)12-22-19)13-18(26)23-9-2-1-3-10-23/h4-8,11H,1-3,9-10,12-13H2. The number of thiophene rings is 1. The van der Waals surface area contributed by atoms with Crippen LogP contribution in [0, 0.1) is 0 Å². The zero-order chi connectivity index (χ0) is 18.8. The number of fused-ring (bicyclic) bond motifs is 1. The van der Waals surface area contributed by atoms with Gasteiger partial charge in [0.15, 0.2) is 0 Å². The van der Waals surface area contributed by atoms with E-state index in [1.165, 1.54) is 17.8 Å². The van der Waals surface area contributed by atoms with Gasteiger partial charge in [0.05, 0.1) is 5.71 Å².